The van der Waals surface area contributed by atoms with Crippen LogP contribution in [-0.2, 0) is 9.53 Å². The minimum Gasteiger partial charge on any atom is -0.451 e. The number of nitrogens with one attached hydrogen (secondary N) is 2. The predicted molar refractivity (Wildman–Crippen MR) is 88.7 cm³/mol. The molecule has 2 aromatic heterocycles. The maximum absolute atomic E-state index is 11.8. The van der Waals surface area contributed by atoms with Gasteiger partial charge in [-0.3, -0.25) is 4.79 Å². The molecule has 118 valence electrons. The van der Waals surface area contributed by atoms with Crippen LogP contribution in [0.2, 0.25) is 0 Å². The standard InChI is InChI=1S/C14H12N4O3S2/c1-2-4-16-14-17-10(8-23-14)13(20)21-7-11(19)18-12-9(6-15)3-5-22-12/h2-3,5,8H,1,4,7H2,(H,16,17)(H,18,19). The van der Waals surface area contributed by atoms with Gasteiger partial charge in [0.25, 0.3) is 5.91 Å². The fourth-order valence-electron chi connectivity index (χ4n) is 1.47. The molecule has 0 unspecified atom stereocenters. The normalized spacial score (nSPS) is 9.70. The summed E-state index contributed by atoms with van der Waals surface area (Å²) in [5, 5.41) is 18.5. The van der Waals surface area contributed by atoms with E-state index >= 15 is 0 Å². The molecule has 1 amide bonds. The Bertz CT molecular complexity index is 760. The van der Waals surface area contributed by atoms with E-state index in [4.69, 9.17) is 10.00 Å². The number of rotatable bonds is 7. The summed E-state index contributed by atoms with van der Waals surface area (Å²) in [6.07, 6.45) is 1.67. The fraction of sp³-hybridized carbons (Fsp3) is 0.143. The SMILES string of the molecule is C=CCNc1nc(C(=O)OCC(=O)Nc2sccc2C#N)cs1. The first-order chi connectivity index (χ1) is 11.1. The third-order valence-corrected chi connectivity index (χ3v) is 4.11. The van der Waals surface area contributed by atoms with Gasteiger partial charge in [0, 0.05) is 11.9 Å². The van der Waals surface area contributed by atoms with Crippen molar-refractivity contribution in [1.82, 2.24) is 4.98 Å². The predicted octanol–water partition coefficient (Wildman–Crippen LogP) is 2.47. The number of thiazole rings is 1. The van der Waals surface area contributed by atoms with Crippen LogP contribution in [0.5, 0.6) is 0 Å². The molecule has 0 aliphatic carbocycles. The molecule has 23 heavy (non-hydrogen) atoms. The van der Waals surface area contributed by atoms with E-state index in [1.54, 1.807) is 22.9 Å². The largest absolute Gasteiger partial charge is 0.451 e. The van der Waals surface area contributed by atoms with Crippen LogP contribution >= 0.6 is 22.7 Å². The van der Waals surface area contributed by atoms with Gasteiger partial charge < -0.3 is 15.4 Å². The molecule has 2 heterocycles. The Morgan fingerprint density at radius 1 is 1.48 bits per heavy atom. The minimum absolute atomic E-state index is 0.128. The number of esters is 1. The summed E-state index contributed by atoms with van der Waals surface area (Å²) in [5.41, 5.74) is 0.496. The van der Waals surface area contributed by atoms with E-state index < -0.39 is 18.5 Å². The number of nitrogens with zero attached hydrogens (tertiary/aromatic N) is 2. The van der Waals surface area contributed by atoms with E-state index in [2.05, 4.69) is 22.2 Å². The number of thiophene rings is 1. The number of carbonyl (C=O) groups excluding carboxylic acids is 2. The van der Waals surface area contributed by atoms with Crippen LogP contribution in [0.15, 0.2) is 29.5 Å². The maximum atomic E-state index is 11.8. The van der Waals surface area contributed by atoms with E-state index in [1.165, 1.54) is 22.7 Å². The number of carbonyl (C=O) groups is 2. The van der Waals surface area contributed by atoms with Crippen LogP contribution < -0.4 is 10.6 Å². The zero-order valence-electron chi connectivity index (χ0n) is 11.9. The van der Waals surface area contributed by atoms with Gasteiger partial charge in [0.2, 0.25) is 0 Å². The number of amides is 1. The quantitative estimate of drug-likeness (QED) is 0.588. The maximum Gasteiger partial charge on any atom is 0.358 e. The van der Waals surface area contributed by atoms with Crippen LogP contribution in [0.25, 0.3) is 0 Å². The highest BCUT2D eigenvalue weighted by molar-refractivity contribution is 7.14. The van der Waals surface area contributed by atoms with E-state index in [0.29, 0.717) is 22.2 Å². The van der Waals surface area contributed by atoms with Crippen LogP contribution in [0.1, 0.15) is 16.1 Å². The first kappa shape index (κ1) is 16.7. The molecule has 0 aliphatic heterocycles. The molecule has 0 aromatic carbocycles. The lowest BCUT2D eigenvalue weighted by Crippen LogP contribution is -2.21. The lowest BCUT2D eigenvalue weighted by molar-refractivity contribution is -0.119. The Morgan fingerprint density at radius 2 is 2.30 bits per heavy atom. The summed E-state index contributed by atoms with van der Waals surface area (Å²) in [4.78, 5) is 27.6. The molecule has 0 saturated carbocycles. The molecule has 0 spiro atoms. The summed E-state index contributed by atoms with van der Waals surface area (Å²) >= 11 is 2.48. The number of anilines is 2. The minimum atomic E-state index is -0.685. The number of hydrogen-bond donors (Lipinski definition) is 2. The highest BCUT2D eigenvalue weighted by atomic mass is 32.1. The van der Waals surface area contributed by atoms with Gasteiger partial charge in [-0.25, -0.2) is 9.78 Å². The molecule has 0 bridgehead atoms. The first-order valence-corrected chi connectivity index (χ1v) is 8.15. The molecule has 9 heteroatoms. The van der Waals surface area contributed by atoms with Crippen LogP contribution in [-0.4, -0.2) is 30.0 Å². The fourth-order valence-corrected chi connectivity index (χ4v) is 2.91. The van der Waals surface area contributed by atoms with Crippen molar-refractivity contribution in [3.05, 3.63) is 40.7 Å². The van der Waals surface area contributed by atoms with Crippen molar-refractivity contribution in [3.8, 4) is 6.07 Å². The third kappa shape index (κ3) is 4.64. The Morgan fingerprint density at radius 3 is 3.04 bits per heavy atom. The van der Waals surface area contributed by atoms with Crippen LogP contribution in [0, 0.1) is 11.3 Å². The summed E-state index contributed by atoms with van der Waals surface area (Å²) in [5.74, 6) is -1.20. The van der Waals surface area contributed by atoms with Crippen molar-refractivity contribution in [3.63, 3.8) is 0 Å². The van der Waals surface area contributed by atoms with Gasteiger partial charge in [-0.2, -0.15) is 5.26 Å². The molecule has 0 fully saturated rings. The number of ether oxygens (including phenoxy) is 1. The number of nitriles is 1. The van der Waals surface area contributed by atoms with Gasteiger partial charge >= 0.3 is 5.97 Å². The van der Waals surface area contributed by atoms with Crippen molar-refractivity contribution in [2.24, 2.45) is 0 Å². The Labute approximate surface area is 140 Å². The van der Waals surface area contributed by atoms with Crippen molar-refractivity contribution < 1.29 is 14.3 Å². The molecule has 0 aliphatic rings. The lowest BCUT2D eigenvalue weighted by Gasteiger charge is -2.04. The summed E-state index contributed by atoms with van der Waals surface area (Å²) in [6.45, 7) is 3.65. The molecule has 2 aromatic rings. The van der Waals surface area contributed by atoms with Gasteiger partial charge in [0.1, 0.15) is 11.1 Å². The zero-order valence-corrected chi connectivity index (χ0v) is 13.5. The van der Waals surface area contributed by atoms with Crippen LogP contribution in [0.3, 0.4) is 0 Å². The smallest absolute Gasteiger partial charge is 0.358 e. The Hall–Kier alpha value is -2.70. The topological polar surface area (TPSA) is 104 Å². The molecule has 0 saturated heterocycles. The number of aromatic nitrogens is 1. The molecule has 2 N–H and O–H groups in total. The molecule has 2 rings (SSSR count). The second-order valence-electron chi connectivity index (χ2n) is 4.11. The van der Waals surface area contributed by atoms with E-state index in [0.717, 1.165) is 0 Å². The Balaban J connectivity index is 1.84. The van der Waals surface area contributed by atoms with Crippen molar-refractivity contribution in [1.29, 1.82) is 5.26 Å². The van der Waals surface area contributed by atoms with Gasteiger partial charge in [0.05, 0.1) is 5.56 Å². The van der Waals surface area contributed by atoms with Crippen molar-refractivity contribution in [2.75, 3.05) is 23.8 Å². The van der Waals surface area contributed by atoms with Crippen molar-refractivity contribution in [2.45, 2.75) is 0 Å². The summed E-state index contributed by atoms with van der Waals surface area (Å²) in [7, 11) is 0. The van der Waals surface area contributed by atoms with Gasteiger partial charge in [-0.05, 0) is 11.4 Å². The molecular weight excluding hydrogens is 336 g/mol. The highest BCUT2D eigenvalue weighted by Gasteiger charge is 2.15. The van der Waals surface area contributed by atoms with E-state index in [-0.39, 0.29) is 5.69 Å². The van der Waals surface area contributed by atoms with Gasteiger partial charge in [0.15, 0.2) is 17.4 Å². The Kier molecular flexibility index (Phi) is 5.85. The van der Waals surface area contributed by atoms with E-state index in [1.807, 2.05) is 6.07 Å². The lowest BCUT2D eigenvalue weighted by atomic mass is 10.3. The summed E-state index contributed by atoms with van der Waals surface area (Å²) in [6, 6.07) is 3.55. The number of hydrogen-bond acceptors (Lipinski definition) is 8. The third-order valence-electron chi connectivity index (χ3n) is 2.48. The van der Waals surface area contributed by atoms with Gasteiger partial charge in [-0.1, -0.05) is 6.08 Å². The molecule has 0 radical (unpaired) electrons. The second kappa shape index (κ2) is 8.07. The first-order valence-electron chi connectivity index (χ1n) is 6.39. The summed E-state index contributed by atoms with van der Waals surface area (Å²) < 4.78 is 4.90. The molecular formula is C14H12N4O3S2. The van der Waals surface area contributed by atoms with Crippen LogP contribution in [0.4, 0.5) is 10.1 Å². The molecule has 0 atom stereocenters. The van der Waals surface area contributed by atoms with Gasteiger partial charge in [-0.15, -0.1) is 29.3 Å². The monoisotopic (exact) mass is 348 g/mol. The van der Waals surface area contributed by atoms with E-state index in [9.17, 15) is 9.59 Å². The zero-order chi connectivity index (χ0) is 16.7. The molecule has 7 nitrogen and oxygen atoms in total. The van der Waals surface area contributed by atoms with Crippen molar-refractivity contribution >= 4 is 44.7 Å². The second-order valence-corrected chi connectivity index (χ2v) is 5.88. The average molecular weight is 348 g/mol. The average Bonchev–Trinajstić information content (AvgIpc) is 3.19. The highest BCUT2D eigenvalue weighted by Crippen LogP contribution is 2.22.